The number of hydrogen-bond acceptors (Lipinski definition) is 1. The Kier molecular flexibility index (Phi) is 2.82. The second-order valence-electron chi connectivity index (χ2n) is 2.11. The van der Waals surface area contributed by atoms with Gasteiger partial charge >= 0.3 is 0 Å². The van der Waals surface area contributed by atoms with Gasteiger partial charge < -0.3 is 0 Å². The highest BCUT2D eigenvalue weighted by Gasteiger charge is 1.89. The van der Waals surface area contributed by atoms with E-state index in [4.69, 9.17) is 0 Å². The molecule has 1 aromatic rings. The van der Waals surface area contributed by atoms with E-state index in [2.05, 4.69) is 31.4 Å². The van der Waals surface area contributed by atoms with Crippen molar-refractivity contribution in [2.75, 3.05) is 6.26 Å². The Bertz CT molecular complexity index is 165. The highest BCUT2D eigenvalue weighted by molar-refractivity contribution is 7.98. The molecule has 0 fully saturated rings. The molecule has 0 unspecified atom stereocenters. The maximum Gasteiger partial charge on any atom is 0.00754 e. The third-order valence-corrected chi connectivity index (χ3v) is 2.19. The summed E-state index contributed by atoms with van der Waals surface area (Å²) in [6.07, 6.45) is 3.16. The van der Waals surface area contributed by atoms with Crippen molar-refractivity contribution in [2.24, 2.45) is 0 Å². The zero-order valence-corrected chi connectivity index (χ0v) is 7.16. The van der Waals surface area contributed by atoms with Crippen LogP contribution in [-0.4, -0.2) is 6.26 Å². The Morgan fingerprint density at radius 1 is 1.50 bits per heavy atom. The predicted octanol–water partition coefficient (Wildman–Crippen LogP) is 2.77. The van der Waals surface area contributed by atoms with E-state index in [9.17, 15) is 0 Å². The van der Waals surface area contributed by atoms with E-state index in [1.807, 2.05) is 6.07 Å². The van der Waals surface area contributed by atoms with Crippen LogP contribution >= 0.6 is 11.8 Å². The maximum absolute atomic E-state index is 3.22. The van der Waals surface area contributed by atoms with Gasteiger partial charge in [0.15, 0.2) is 0 Å². The minimum absolute atomic E-state index is 1.08. The molecule has 0 bridgehead atoms. The monoisotopic (exact) mass is 151 g/mol. The van der Waals surface area contributed by atoms with Gasteiger partial charge in [0.2, 0.25) is 0 Å². The second kappa shape index (κ2) is 3.67. The Labute approximate surface area is 66.6 Å². The fourth-order valence-corrected chi connectivity index (χ4v) is 1.17. The van der Waals surface area contributed by atoms with Gasteiger partial charge in [-0.15, -0.1) is 11.8 Å². The lowest BCUT2D eigenvalue weighted by Gasteiger charge is -1.96. The molecule has 1 aromatic carbocycles. The molecule has 0 aromatic heterocycles. The van der Waals surface area contributed by atoms with Crippen molar-refractivity contribution >= 4 is 11.8 Å². The fourth-order valence-electron chi connectivity index (χ4n) is 0.790. The Balaban J connectivity index is 2.80. The van der Waals surface area contributed by atoms with Gasteiger partial charge in [-0.3, -0.25) is 0 Å². The van der Waals surface area contributed by atoms with Crippen LogP contribution < -0.4 is 0 Å². The van der Waals surface area contributed by atoms with Gasteiger partial charge in [0.05, 0.1) is 0 Å². The van der Waals surface area contributed by atoms with Gasteiger partial charge in [0, 0.05) is 4.90 Å². The highest BCUT2D eigenvalue weighted by Crippen LogP contribution is 2.14. The molecule has 0 atom stereocenters. The van der Waals surface area contributed by atoms with E-state index in [1.54, 1.807) is 11.8 Å². The molecule has 0 amide bonds. The third kappa shape index (κ3) is 1.77. The molecule has 1 radical (unpaired) electrons. The molecule has 0 saturated carbocycles. The summed E-state index contributed by atoms with van der Waals surface area (Å²) in [5.41, 5.74) is 1.29. The van der Waals surface area contributed by atoms with E-state index in [-0.39, 0.29) is 0 Å². The highest BCUT2D eigenvalue weighted by atomic mass is 32.2. The molecule has 0 N–H and O–H groups in total. The van der Waals surface area contributed by atoms with Crippen molar-refractivity contribution < 1.29 is 0 Å². The Morgan fingerprint density at radius 3 is 2.70 bits per heavy atom. The van der Waals surface area contributed by atoms with Gasteiger partial charge in [-0.2, -0.15) is 0 Å². The molecular weight excluding hydrogens is 140 g/mol. The SMILES string of the molecule is CCc1[c]cc(SC)cc1. The molecule has 0 aliphatic rings. The van der Waals surface area contributed by atoms with Crippen molar-refractivity contribution in [3.8, 4) is 0 Å². The standard InChI is InChI=1S/C9H11S/c1-3-8-4-6-9(10-2)7-5-8/h4,6-7H,3H2,1-2H3. The molecule has 0 heterocycles. The van der Waals surface area contributed by atoms with Crippen LogP contribution in [0.5, 0.6) is 0 Å². The first-order valence-electron chi connectivity index (χ1n) is 3.41. The summed E-state index contributed by atoms with van der Waals surface area (Å²) >= 11 is 1.76. The van der Waals surface area contributed by atoms with Gasteiger partial charge in [0.25, 0.3) is 0 Å². The summed E-state index contributed by atoms with van der Waals surface area (Å²) in [6.45, 7) is 2.14. The Hall–Kier alpha value is -0.430. The van der Waals surface area contributed by atoms with Crippen molar-refractivity contribution in [1.29, 1.82) is 0 Å². The first-order chi connectivity index (χ1) is 4.86. The van der Waals surface area contributed by atoms with E-state index >= 15 is 0 Å². The molecule has 1 heteroatoms. The van der Waals surface area contributed by atoms with E-state index in [0.717, 1.165) is 6.42 Å². The molecule has 1 rings (SSSR count). The second-order valence-corrected chi connectivity index (χ2v) is 2.99. The molecule has 0 spiro atoms. The van der Waals surface area contributed by atoms with Crippen molar-refractivity contribution in [3.05, 3.63) is 29.8 Å². The summed E-state index contributed by atoms with van der Waals surface area (Å²) in [5.74, 6) is 0. The van der Waals surface area contributed by atoms with Crippen LogP contribution in [0.2, 0.25) is 0 Å². The van der Waals surface area contributed by atoms with Crippen LogP contribution in [0.15, 0.2) is 23.1 Å². The van der Waals surface area contributed by atoms with Crippen LogP contribution in [0.25, 0.3) is 0 Å². The summed E-state index contributed by atoms with van der Waals surface area (Å²) in [4.78, 5) is 1.29. The lowest BCUT2D eigenvalue weighted by molar-refractivity contribution is 1.13. The lowest BCUT2D eigenvalue weighted by atomic mass is 10.2. The number of benzene rings is 1. The zero-order chi connectivity index (χ0) is 7.40. The van der Waals surface area contributed by atoms with Crippen LogP contribution in [0.1, 0.15) is 12.5 Å². The third-order valence-electron chi connectivity index (χ3n) is 1.47. The van der Waals surface area contributed by atoms with Gasteiger partial charge in [0.1, 0.15) is 0 Å². The van der Waals surface area contributed by atoms with E-state index in [0.29, 0.717) is 0 Å². The number of thioether (sulfide) groups is 1. The first kappa shape index (κ1) is 7.67. The quantitative estimate of drug-likeness (QED) is 0.586. The molecule has 0 nitrogen and oxygen atoms in total. The largest absolute Gasteiger partial charge is 0.130 e. The molecule has 0 aliphatic heterocycles. The van der Waals surface area contributed by atoms with Crippen molar-refractivity contribution in [1.82, 2.24) is 0 Å². The summed E-state index contributed by atoms with van der Waals surface area (Å²) < 4.78 is 0. The number of aryl methyl sites for hydroxylation is 1. The topological polar surface area (TPSA) is 0 Å². The lowest BCUT2D eigenvalue weighted by Crippen LogP contribution is -1.78. The van der Waals surface area contributed by atoms with E-state index < -0.39 is 0 Å². The molecule has 0 aliphatic carbocycles. The minimum Gasteiger partial charge on any atom is -0.130 e. The minimum atomic E-state index is 1.08. The van der Waals surface area contributed by atoms with Crippen LogP contribution in [0, 0.1) is 6.07 Å². The molecule has 0 saturated heterocycles. The van der Waals surface area contributed by atoms with Gasteiger partial charge in [-0.1, -0.05) is 13.0 Å². The van der Waals surface area contributed by atoms with Gasteiger partial charge in [-0.05, 0) is 36.4 Å². The summed E-state index contributed by atoms with van der Waals surface area (Å²) in [6, 6.07) is 9.53. The Morgan fingerprint density at radius 2 is 2.30 bits per heavy atom. The first-order valence-corrected chi connectivity index (χ1v) is 4.64. The van der Waals surface area contributed by atoms with Crippen LogP contribution in [0.4, 0.5) is 0 Å². The van der Waals surface area contributed by atoms with Gasteiger partial charge in [-0.25, -0.2) is 0 Å². The number of hydrogen-bond donors (Lipinski definition) is 0. The van der Waals surface area contributed by atoms with Crippen LogP contribution in [-0.2, 0) is 6.42 Å². The predicted molar refractivity (Wildman–Crippen MR) is 46.4 cm³/mol. The van der Waals surface area contributed by atoms with Crippen molar-refractivity contribution in [2.45, 2.75) is 18.2 Å². The average Bonchev–Trinajstić information content (AvgIpc) is 2.05. The number of rotatable bonds is 2. The zero-order valence-electron chi connectivity index (χ0n) is 6.35. The molecule has 10 heavy (non-hydrogen) atoms. The van der Waals surface area contributed by atoms with Crippen molar-refractivity contribution in [3.63, 3.8) is 0 Å². The molecular formula is C9H11S. The van der Waals surface area contributed by atoms with Crippen LogP contribution in [0.3, 0.4) is 0 Å². The van der Waals surface area contributed by atoms with E-state index in [1.165, 1.54) is 10.5 Å². The average molecular weight is 151 g/mol. The maximum atomic E-state index is 3.22. The summed E-state index contributed by atoms with van der Waals surface area (Å²) in [7, 11) is 0. The normalized spacial score (nSPS) is 9.80. The fraction of sp³-hybridized carbons (Fsp3) is 0.333. The summed E-state index contributed by atoms with van der Waals surface area (Å²) in [5, 5.41) is 0. The smallest absolute Gasteiger partial charge is 0.00754 e. The molecule has 53 valence electrons.